The minimum Gasteiger partial charge on any atom is -0.462 e. The van der Waals surface area contributed by atoms with Crippen LogP contribution in [0.1, 0.15) is 182 Å². The maximum absolute atomic E-state index is 12.6. The molecule has 0 aromatic carbocycles. The molecule has 12 nitrogen and oxygen atoms in total. The van der Waals surface area contributed by atoms with Crippen LogP contribution >= 0.6 is 7.82 Å². The quantitative estimate of drug-likeness (QED) is 0.0280. The summed E-state index contributed by atoms with van der Waals surface area (Å²) in [5.74, 6) is -2.31. The highest BCUT2D eigenvalue weighted by Gasteiger charge is 2.28. The van der Waals surface area contributed by atoms with E-state index in [1.807, 2.05) is 0 Å². The van der Waals surface area contributed by atoms with Gasteiger partial charge in [-0.15, -0.1) is 0 Å². The first-order chi connectivity index (χ1) is 24.5. The fourth-order valence-corrected chi connectivity index (χ4v) is 6.22. The molecular weight excluding hydrogens is 679 g/mol. The molecule has 0 amide bonds. The van der Waals surface area contributed by atoms with Crippen LogP contribution in [0.2, 0.25) is 0 Å². The van der Waals surface area contributed by atoms with Crippen LogP contribution < -0.4 is 0 Å². The van der Waals surface area contributed by atoms with E-state index in [1.165, 1.54) is 89.9 Å². The largest absolute Gasteiger partial charge is 0.472 e. The molecule has 0 aliphatic heterocycles. The number of phosphoric ester groups is 1. The monoisotopic (exact) mass is 750 g/mol. The maximum Gasteiger partial charge on any atom is 0.472 e. The number of rotatable bonds is 36. The van der Waals surface area contributed by atoms with Gasteiger partial charge >= 0.3 is 31.7 Å². The van der Waals surface area contributed by atoms with E-state index in [2.05, 4.69) is 13.8 Å². The highest BCUT2D eigenvalue weighted by Crippen LogP contribution is 2.43. The molecule has 0 heterocycles. The number of carbonyl (C=O) groups is 4. The van der Waals surface area contributed by atoms with E-state index in [1.54, 1.807) is 0 Å². The van der Waals surface area contributed by atoms with Crippen molar-refractivity contribution < 1.29 is 56.6 Å². The van der Waals surface area contributed by atoms with E-state index in [-0.39, 0.29) is 26.1 Å². The van der Waals surface area contributed by atoms with Crippen LogP contribution in [-0.4, -0.2) is 67.4 Å². The third-order valence-electron chi connectivity index (χ3n) is 8.35. The van der Waals surface area contributed by atoms with E-state index in [4.69, 9.17) is 28.0 Å². The van der Waals surface area contributed by atoms with Crippen LogP contribution in [0.4, 0.5) is 0 Å². The second kappa shape index (κ2) is 33.8. The first-order valence-corrected chi connectivity index (χ1v) is 21.3. The number of hydrogen-bond acceptors (Lipinski definition) is 11. The Morgan fingerprint density at radius 1 is 0.471 bits per heavy atom. The first-order valence-electron chi connectivity index (χ1n) is 19.8. The van der Waals surface area contributed by atoms with Crippen LogP contribution in [0.15, 0.2) is 0 Å². The summed E-state index contributed by atoms with van der Waals surface area (Å²) in [5, 5.41) is 0. The van der Waals surface area contributed by atoms with Crippen LogP contribution in [-0.2, 0) is 51.7 Å². The average Bonchev–Trinajstić information content (AvgIpc) is 3.08. The summed E-state index contributed by atoms with van der Waals surface area (Å²) in [6.07, 6.45) is 23.3. The lowest BCUT2D eigenvalue weighted by atomic mass is 10.1. The predicted octanol–water partition coefficient (Wildman–Crippen LogP) is 9.47. The van der Waals surface area contributed by atoms with Gasteiger partial charge in [0.25, 0.3) is 0 Å². The van der Waals surface area contributed by atoms with Gasteiger partial charge in [0.1, 0.15) is 13.2 Å². The molecular formula is C38H71O12P. The van der Waals surface area contributed by atoms with Gasteiger partial charge in [-0.2, -0.15) is 0 Å². The van der Waals surface area contributed by atoms with Gasteiger partial charge < -0.3 is 23.8 Å². The molecule has 0 aliphatic rings. The molecule has 0 aliphatic carbocycles. The zero-order valence-electron chi connectivity index (χ0n) is 32.3. The second-order valence-corrected chi connectivity index (χ2v) is 14.9. The number of carbonyl (C=O) groups excluding carboxylic acids is 4. The minimum absolute atomic E-state index is 0.160. The minimum atomic E-state index is -4.73. The molecule has 1 N–H and O–H groups in total. The van der Waals surface area contributed by atoms with Crippen molar-refractivity contribution in [2.75, 3.05) is 26.4 Å². The highest BCUT2D eigenvalue weighted by molar-refractivity contribution is 7.47. The van der Waals surface area contributed by atoms with Crippen LogP contribution in [0.3, 0.4) is 0 Å². The van der Waals surface area contributed by atoms with E-state index < -0.39 is 57.1 Å². The molecule has 3 atom stereocenters. The van der Waals surface area contributed by atoms with Crippen LogP contribution in [0.5, 0.6) is 0 Å². The van der Waals surface area contributed by atoms with Crippen LogP contribution in [0, 0.1) is 0 Å². The molecule has 0 saturated heterocycles. The highest BCUT2D eigenvalue weighted by atomic mass is 31.2. The van der Waals surface area contributed by atoms with E-state index in [9.17, 15) is 28.6 Å². The lowest BCUT2D eigenvalue weighted by Crippen LogP contribution is -2.30. The van der Waals surface area contributed by atoms with E-state index in [0.29, 0.717) is 12.8 Å². The molecule has 13 heteroatoms. The van der Waals surface area contributed by atoms with Crippen molar-refractivity contribution in [1.29, 1.82) is 0 Å². The van der Waals surface area contributed by atoms with Crippen molar-refractivity contribution in [2.45, 2.75) is 194 Å². The Bertz CT molecular complexity index is 944. The Labute approximate surface area is 308 Å². The van der Waals surface area contributed by atoms with Crippen molar-refractivity contribution in [3.05, 3.63) is 0 Å². The summed E-state index contributed by atoms with van der Waals surface area (Å²) in [6.45, 7) is 4.82. The number of ether oxygens (including phenoxy) is 4. The molecule has 2 unspecified atom stereocenters. The topological polar surface area (TPSA) is 161 Å². The first kappa shape index (κ1) is 49.0. The molecule has 0 fully saturated rings. The Kier molecular flexibility index (Phi) is 32.5. The molecule has 0 bridgehead atoms. The number of esters is 4. The zero-order valence-corrected chi connectivity index (χ0v) is 33.2. The van der Waals surface area contributed by atoms with Crippen molar-refractivity contribution in [3.63, 3.8) is 0 Å². The molecule has 300 valence electrons. The van der Waals surface area contributed by atoms with Crippen molar-refractivity contribution in [2.24, 2.45) is 0 Å². The summed E-state index contributed by atoms with van der Waals surface area (Å²) < 4.78 is 43.2. The fourth-order valence-electron chi connectivity index (χ4n) is 5.44. The molecule has 0 aromatic heterocycles. The maximum atomic E-state index is 12.6. The van der Waals surface area contributed by atoms with Gasteiger partial charge in [0.05, 0.1) is 13.2 Å². The average molecular weight is 751 g/mol. The molecule has 0 saturated carbocycles. The SMILES string of the molecule is CCCCCCCCCCCCCC(=O)OC[C@H](COP(=O)(O)OCC(COC(C)=O)OC(C)=O)OC(=O)CCCCCCCCCCCCC. The number of hydrogen-bond donors (Lipinski definition) is 1. The Hall–Kier alpha value is -2.01. The molecule has 0 radical (unpaired) electrons. The lowest BCUT2D eigenvalue weighted by molar-refractivity contribution is -0.161. The number of unbranched alkanes of at least 4 members (excludes halogenated alkanes) is 20. The third-order valence-corrected chi connectivity index (χ3v) is 9.30. The molecule has 51 heavy (non-hydrogen) atoms. The third kappa shape index (κ3) is 34.8. The Morgan fingerprint density at radius 2 is 0.824 bits per heavy atom. The summed E-state index contributed by atoms with van der Waals surface area (Å²) in [7, 11) is -4.73. The predicted molar refractivity (Wildman–Crippen MR) is 197 cm³/mol. The smallest absolute Gasteiger partial charge is 0.462 e. The molecule has 0 rings (SSSR count). The van der Waals surface area contributed by atoms with Gasteiger partial charge in [0, 0.05) is 26.7 Å². The lowest BCUT2D eigenvalue weighted by Gasteiger charge is -2.21. The summed E-state index contributed by atoms with van der Waals surface area (Å²) in [5.41, 5.74) is 0. The second-order valence-electron chi connectivity index (χ2n) is 13.5. The standard InChI is InChI=1S/C38H71O12P/c1-5-7-9-11-13-15-17-19-21-23-25-27-37(41)46-30-36(50-38(42)28-26-24-22-20-18-16-14-12-10-8-6-2)32-48-51(43,44)47-31-35(49-34(4)40)29-45-33(3)39/h35-36H,5-32H2,1-4H3,(H,43,44)/t35?,36-/m1/s1. The molecule has 0 aromatic rings. The normalized spacial score (nSPS) is 13.6. The van der Waals surface area contributed by atoms with Gasteiger partial charge in [0.15, 0.2) is 12.2 Å². The Morgan fingerprint density at radius 3 is 1.22 bits per heavy atom. The van der Waals surface area contributed by atoms with E-state index >= 15 is 0 Å². The van der Waals surface area contributed by atoms with Gasteiger partial charge in [-0.25, -0.2) is 4.57 Å². The summed E-state index contributed by atoms with van der Waals surface area (Å²) in [4.78, 5) is 57.8. The van der Waals surface area contributed by atoms with Crippen LogP contribution in [0.25, 0.3) is 0 Å². The summed E-state index contributed by atoms with van der Waals surface area (Å²) >= 11 is 0. The summed E-state index contributed by atoms with van der Waals surface area (Å²) in [6, 6.07) is 0. The Balaban J connectivity index is 4.74. The van der Waals surface area contributed by atoms with Crippen molar-refractivity contribution in [3.8, 4) is 0 Å². The van der Waals surface area contributed by atoms with Crippen molar-refractivity contribution >= 4 is 31.7 Å². The zero-order chi connectivity index (χ0) is 38.0. The fraction of sp³-hybridized carbons (Fsp3) is 0.895. The van der Waals surface area contributed by atoms with Crippen molar-refractivity contribution in [1.82, 2.24) is 0 Å². The van der Waals surface area contributed by atoms with Gasteiger partial charge in [0.2, 0.25) is 0 Å². The molecule has 0 spiro atoms. The van der Waals surface area contributed by atoms with Gasteiger partial charge in [-0.1, -0.05) is 142 Å². The van der Waals surface area contributed by atoms with Gasteiger partial charge in [-0.3, -0.25) is 28.2 Å². The number of phosphoric acid groups is 1. The van der Waals surface area contributed by atoms with Gasteiger partial charge in [-0.05, 0) is 12.8 Å². The van der Waals surface area contributed by atoms with E-state index in [0.717, 1.165) is 52.4 Å².